The minimum atomic E-state index is 0.326. The molecule has 1 aromatic heterocycles. The normalized spacial score (nSPS) is 21.9. The summed E-state index contributed by atoms with van der Waals surface area (Å²) in [6.07, 6.45) is 4.76. The molecule has 1 aliphatic rings. The van der Waals surface area contributed by atoms with E-state index >= 15 is 0 Å². The van der Waals surface area contributed by atoms with Gasteiger partial charge in [0.25, 0.3) is 0 Å². The number of aliphatic imine (C=N–C) groups is 1. The van der Waals surface area contributed by atoms with Crippen molar-refractivity contribution < 1.29 is 4.52 Å². The first-order valence-corrected chi connectivity index (χ1v) is 9.62. The summed E-state index contributed by atoms with van der Waals surface area (Å²) in [4.78, 5) is 4.29. The number of aromatic nitrogens is 1. The predicted molar refractivity (Wildman–Crippen MR) is 98.1 cm³/mol. The van der Waals surface area contributed by atoms with Gasteiger partial charge < -0.3 is 15.2 Å². The summed E-state index contributed by atoms with van der Waals surface area (Å²) in [6.45, 7) is 8.25. The third-order valence-electron chi connectivity index (χ3n) is 4.56. The molecule has 1 atom stereocenters. The molecule has 2 heterocycles. The van der Waals surface area contributed by atoms with Gasteiger partial charge in [0.1, 0.15) is 0 Å². The van der Waals surface area contributed by atoms with E-state index in [-0.39, 0.29) is 0 Å². The second-order valence-corrected chi connectivity index (χ2v) is 8.10. The molecule has 2 rings (SSSR count). The number of hydrogen-bond donors (Lipinski definition) is 2. The lowest BCUT2D eigenvalue weighted by molar-refractivity contribution is 0.368. The van der Waals surface area contributed by atoms with Gasteiger partial charge in [-0.1, -0.05) is 19.0 Å². The van der Waals surface area contributed by atoms with E-state index in [1.807, 2.05) is 11.8 Å². The monoisotopic (exact) mass is 338 g/mol. The van der Waals surface area contributed by atoms with Crippen molar-refractivity contribution in [2.24, 2.45) is 4.99 Å². The van der Waals surface area contributed by atoms with Gasteiger partial charge in [-0.25, -0.2) is 0 Å². The van der Waals surface area contributed by atoms with E-state index in [1.165, 1.54) is 18.6 Å². The molecule has 0 aromatic carbocycles. The Hall–Kier alpha value is -1.17. The number of nitrogens with zero attached hydrogens (tertiary/aromatic N) is 2. The summed E-state index contributed by atoms with van der Waals surface area (Å²) >= 11 is 2.05. The molecule has 1 fully saturated rings. The Balaban J connectivity index is 1.81. The molecule has 0 spiro atoms. The Morgan fingerprint density at radius 1 is 1.43 bits per heavy atom. The van der Waals surface area contributed by atoms with Gasteiger partial charge in [-0.2, -0.15) is 11.8 Å². The molecule has 130 valence electrons. The molecule has 0 saturated carbocycles. The molecule has 6 heteroatoms. The van der Waals surface area contributed by atoms with Crippen LogP contribution in [0.1, 0.15) is 63.8 Å². The highest BCUT2D eigenvalue weighted by Gasteiger charge is 2.29. The Morgan fingerprint density at radius 2 is 2.22 bits per heavy atom. The molecule has 1 aromatic rings. The Kier molecular flexibility index (Phi) is 6.81. The number of rotatable bonds is 7. The van der Waals surface area contributed by atoms with Crippen LogP contribution in [-0.4, -0.2) is 35.2 Å². The smallest absolute Gasteiger partial charge is 0.191 e. The minimum Gasteiger partial charge on any atom is -0.359 e. The fourth-order valence-electron chi connectivity index (χ4n) is 2.95. The summed E-state index contributed by atoms with van der Waals surface area (Å²) in [5.74, 6) is 3.43. The van der Waals surface area contributed by atoms with Gasteiger partial charge in [-0.3, -0.25) is 4.99 Å². The molecule has 2 N–H and O–H groups in total. The average molecular weight is 339 g/mol. The van der Waals surface area contributed by atoms with Crippen LogP contribution in [0.2, 0.25) is 0 Å². The molecular weight excluding hydrogens is 308 g/mol. The van der Waals surface area contributed by atoms with Crippen LogP contribution in [0.5, 0.6) is 0 Å². The topological polar surface area (TPSA) is 62.5 Å². The van der Waals surface area contributed by atoms with Gasteiger partial charge in [-0.15, -0.1) is 0 Å². The molecule has 0 amide bonds. The molecule has 1 aliphatic heterocycles. The quantitative estimate of drug-likeness (QED) is 0.588. The van der Waals surface area contributed by atoms with Crippen molar-refractivity contribution in [3.8, 4) is 0 Å². The second kappa shape index (κ2) is 8.62. The highest BCUT2D eigenvalue weighted by molar-refractivity contribution is 8.00. The van der Waals surface area contributed by atoms with Gasteiger partial charge in [0.05, 0.1) is 12.2 Å². The van der Waals surface area contributed by atoms with Crippen molar-refractivity contribution >= 4 is 17.7 Å². The molecule has 1 unspecified atom stereocenters. The molecule has 0 bridgehead atoms. The summed E-state index contributed by atoms with van der Waals surface area (Å²) in [7, 11) is 1.80. The van der Waals surface area contributed by atoms with E-state index in [0.29, 0.717) is 17.2 Å². The highest BCUT2D eigenvalue weighted by atomic mass is 32.2. The molecule has 23 heavy (non-hydrogen) atoms. The summed E-state index contributed by atoms with van der Waals surface area (Å²) in [5, 5.41) is 10.9. The standard InChI is InChI=1S/C17H30N4OS/c1-5-13(6-2)15-10-14(22-21-15)11-19-16(18-4)20-12-17(3)8-7-9-23-17/h10,13H,5-9,11-12H2,1-4H3,(H2,18,19,20). The molecular formula is C17H30N4OS. The third kappa shape index (κ3) is 5.16. The Labute approximate surface area is 144 Å². The van der Waals surface area contributed by atoms with E-state index in [9.17, 15) is 0 Å². The van der Waals surface area contributed by atoms with E-state index in [4.69, 9.17) is 4.52 Å². The van der Waals surface area contributed by atoms with Gasteiger partial charge in [-0.05, 0) is 38.4 Å². The zero-order valence-corrected chi connectivity index (χ0v) is 15.6. The molecule has 0 aliphatic carbocycles. The second-order valence-electron chi connectivity index (χ2n) is 6.41. The maximum absolute atomic E-state index is 5.44. The first kappa shape index (κ1) is 18.2. The van der Waals surface area contributed by atoms with Crippen molar-refractivity contribution in [1.82, 2.24) is 15.8 Å². The van der Waals surface area contributed by atoms with Crippen molar-refractivity contribution in [3.63, 3.8) is 0 Å². The zero-order chi connectivity index (χ0) is 16.7. The first-order valence-electron chi connectivity index (χ1n) is 8.64. The van der Waals surface area contributed by atoms with Gasteiger partial charge in [0.2, 0.25) is 0 Å². The number of guanidine groups is 1. The SMILES string of the molecule is CCC(CC)c1cc(CNC(=NC)NCC2(C)CCCS2)on1. The molecule has 1 saturated heterocycles. The predicted octanol–water partition coefficient (Wildman–Crippen LogP) is 3.53. The highest BCUT2D eigenvalue weighted by Crippen LogP contribution is 2.36. The van der Waals surface area contributed by atoms with Gasteiger partial charge >= 0.3 is 0 Å². The van der Waals surface area contributed by atoms with Crippen LogP contribution in [0.15, 0.2) is 15.6 Å². The van der Waals surface area contributed by atoms with Crippen LogP contribution < -0.4 is 10.6 Å². The Bertz CT molecular complexity index is 504. The summed E-state index contributed by atoms with van der Waals surface area (Å²) in [5.41, 5.74) is 1.06. The average Bonchev–Trinajstić information content (AvgIpc) is 3.19. The maximum Gasteiger partial charge on any atom is 0.191 e. The van der Waals surface area contributed by atoms with Gasteiger partial charge in [0, 0.05) is 30.3 Å². The van der Waals surface area contributed by atoms with Crippen LogP contribution in [0.4, 0.5) is 0 Å². The Morgan fingerprint density at radius 3 is 2.83 bits per heavy atom. The lowest BCUT2D eigenvalue weighted by Crippen LogP contribution is -2.43. The summed E-state index contributed by atoms with van der Waals surface area (Å²) in [6, 6.07) is 2.06. The zero-order valence-electron chi connectivity index (χ0n) is 14.8. The first-order chi connectivity index (χ1) is 11.1. The van der Waals surface area contributed by atoms with E-state index in [1.54, 1.807) is 7.05 Å². The van der Waals surface area contributed by atoms with Crippen molar-refractivity contribution in [3.05, 3.63) is 17.5 Å². The number of nitrogens with one attached hydrogen (secondary N) is 2. The third-order valence-corrected chi connectivity index (χ3v) is 6.10. The van der Waals surface area contributed by atoms with Crippen LogP contribution in [0, 0.1) is 0 Å². The van der Waals surface area contributed by atoms with Crippen LogP contribution in [0.3, 0.4) is 0 Å². The fourth-order valence-corrected chi connectivity index (χ4v) is 4.19. The number of thioether (sulfide) groups is 1. The van der Waals surface area contributed by atoms with Crippen molar-refractivity contribution in [2.75, 3.05) is 19.3 Å². The lowest BCUT2D eigenvalue weighted by atomic mass is 9.99. The number of hydrogen-bond acceptors (Lipinski definition) is 4. The van der Waals surface area contributed by atoms with E-state index in [0.717, 1.165) is 36.8 Å². The van der Waals surface area contributed by atoms with Crippen molar-refractivity contribution in [2.45, 2.75) is 63.7 Å². The summed E-state index contributed by atoms with van der Waals surface area (Å²) < 4.78 is 5.77. The minimum absolute atomic E-state index is 0.326. The maximum atomic E-state index is 5.44. The lowest BCUT2D eigenvalue weighted by Gasteiger charge is -2.24. The fraction of sp³-hybridized carbons (Fsp3) is 0.765. The van der Waals surface area contributed by atoms with E-state index < -0.39 is 0 Å². The van der Waals surface area contributed by atoms with Crippen LogP contribution >= 0.6 is 11.8 Å². The van der Waals surface area contributed by atoms with Crippen LogP contribution in [-0.2, 0) is 6.54 Å². The molecule has 0 radical (unpaired) electrons. The largest absolute Gasteiger partial charge is 0.359 e. The molecule has 5 nitrogen and oxygen atoms in total. The van der Waals surface area contributed by atoms with Crippen molar-refractivity contribution in [1.29, 1.82) is 0 Å². The van der Waals surface area contributed by atoms with E-state index in [2.05, 4.69) is 47.6 Å². The van der Waals surface area contributed by atoms with Crippen LogP contribution in [0.25, 0.3) is 0 Å². The van der Waals surface area contributed by atoms with Gasteiger partial charge in [0.15, 0.2) is 11.7 Å².